The van der Waals surface area contributed by atoms with Crippen LogP contribution < -0.4 is 5.32 Å². The molecule has 2 atom stereocenters. The molecule has 6 nitrogen and oxygen atoms in total. The van der Waals surface area contributed by atoms with Gasteiger partial charge in [-0.05, 0) is 69.4 Å². The van der Waals surface area contributed by atoms with E-state index in [1.54, 1.807) is 51.1 Å². The second-order valence-electron chi connectivity index (χ2n) is 9.57. The number of aliphatic hydroxyl groups is 1. The zero-order valence-electron chi connectivity index (χ0n) is 20.0. The van der Waals surface area contributed by atoms with E-state index in [0.29, 0.717) is 29.0 Å². The second-order valence-corrected chi connectivity index (χ2v) is 10.0. The maximum atomic E-state index is 14.2. The Morgan fingerprint density at radius 2 is 1.79 bits per heavy atom. The SMILES string of the molecule is CCCC(CO)(C[C@@H](Cc1ccc(-c2cc(Cl)ccc2F)cc1)NC(=O)OC(C)(C)C)C(=O)O. The van der Waals surface area contributed by atoms with Gasteiger partial charge in [-0.15, -0.1) is 0 Å². The number of hydrogen-bond donors (Lipinski definition) is 3. The summed E-state index contributed by atoms with van der Waals surface area (Å²) in [6.45, 7) is 6.51. The standard InChI is InChI=1S/C26H33ClFNO5/c1-5-12-26(16-30,23(31)32)15-20(29-24(33)34-25(2,3)4)13-17-6-8-18(9-7-17)21-14-19(27)10-11-22(21)28/h6-11,14,20,30H,5,12-13,15-16H2,1-4H3,(H,29,33)(H,31,32)/t20-,26?/m1/s1. The van der Waals surface area contributed by atoms with Crippen LogP contribution in [0.2, 0.25) is 5.02 Å². The van der Waals surface area contributed by atoms with Crippen molar-refractivity contribution in [1.82, 2.24) is 5.32 Å². The lowest BCUT2D eigenvalue weighted by Crippen LogP contribution is -2.46. The molecule has 0 saturated heterocycles. The molecule has 0 fully saturated rings. The van der Waals surface area contributed by atoms with Crippen molar-refractivity contribution in [3.05, 3.63) is 58.9 Å². The normalized spacial score (nSPS) is 14.2. The Bertz CT molecular complexity index is 990. The number of carbonyl (C=O) groups is 2. The van der Waals surface area contributed by atoms with Gasteiger partial charge in [0.25, 0.3) is 0 Å². The van der Waals surface area contributed by atoms with Crippen LogP contribution in [0.4, 0.5) is 9.18 Å². The van der Waals surface area contributed by atoms with Gasteiger partial charge in [0.2, 0.25) is 0 Å². The summed E-state index contributed by atoms with van der Waals surface area (Å²) in [5.74, 6) is -1.50. The highest BCUT2D eigenvalue weighted by Crippen LogP contribution is 2.32. The molecule has 0 aliphatic rings. The highest BCUT2D eigenvalue weighted by molar-refractivity contribution is 6.30. The van der Waals surface area contributed by atoms with Crippen molar-refractivity contribution in [3.63, 3.8) is 0 Å². The number of hydrogen-bond acceptors (Lipinski definition) is 4. The van der Waals surface area contributed by atoms with Gasteiger partial charge in [-0.3, -0.25) is 4.79 Å². The Morgan fingerprint density at radius 1 is 1.15 bits per heavy atom. The van der Waals surface area contributed by atoms with Crippen molar-refractivity contribution in [1.29, 1.82) is 0 Å². The average molecular weight is 494 g/mol. The van der Waals surface area contributed by atoms with Gasteiger partial charge in [0, 0.05) is 16.6 Å². The second kappa shape index (κ2) is 11.7. The van der Waals surface area contributed by atoms with Gasteiger partial charge in [0.05, 0.1) is 12.0 Å². The molecule has 2 aromatic rings. The largest absolute Gasteiger partial charge is 0.481 e. The number of alkyl carbamates (subject to hydrolysis) is 1. The molecule has 1 amide bonds. The van der Waals surface area contributed by atoms with Crippen LogP contribution in [0.3, 0.4) is 0 Å². The van der Waals surface area contributed by atoms with Gasteiger partial charge in [-0.2, -0.15) is 0 Å². The number of nitrogens with one attached hydrogen (secondary N) is 1. The Hall–Kier alpha value is -2.64. The molecule has 1 unspecified atom stereocenters. The number of amides is 1. The van der Waals surface area contributed by atoms with Gasteiger partial charge in [0.1, 0.15) is 11.4 Å². The third-order valence-electron chi connectivity index (χ3n) is 5.52. The van der Waals surface area contributed by atoms with Crippen LogP contribution in [-0.4, -0.2) is 40.5 Å². The predicted octanol–water partition coefficient (Wildman–Crippen LogP) is 5.84. The van der Waals surface area contributed by atoms with E-state index in [9.17, 15) is 24.2 Å². The summed E-state index contributed by atoms with van der Waals surface area (Å²) in [6.07, 6.45) is 0.487. The van der Waals surface area contributed by atoms with Crippen molar-refractivity contribution in [2.75, 3.05) is 6.61 Å². The van der Waals surface area contributed by atoms with Crippen LogP contribution >= 0.6 is 11.6 Å². The summed E-state index contributed by atoms with van der Waals surface area (Å²) in [4.78, 5) is 24.5. The molecule has 0 radical (unpaired) electrons. The van der Waals surface area contributed by atoms with E-state index in [1.165, 1.54) is 12.1 Å². The van der Waals surface area contributed by atoms with Crippen LogP contribution in [0.1, 0.15) is 52.5 Å². The van der Waals surface area contributed by atoms with Crippen LogP contribution in [0.15, 0.2) is 42.5 Å². The summed E-state index contributed by atoms with van der Waals surface area (Å²) in [5.41, 5.74) is -0.293. The van der Waals surface area contributed by atoms with Crippen LogP contribution in [0, 0.1) is 11.2 Å². The Morgan fingerprint density at radius 3 is 2.32 bits per heavy atom. The number of aliphatic carboxylic acids is 1. The molecule has 0 heterocycles. The Balaban J connectivity index is 2.30. The molecule has 0 saturated carbocycles. The van der Waals surface area contributed by atoms with Crippen molar-refractivity contribution in [2.45, 2.75) is 65.0 Å². The first-order chi connectivity index (χ1) is 15.9. The number of rotatable bonds is 10. The van der Waals surface area contributed by atoms with Gasteiger partial charge in [-0.1, -0.05) is 49.2 Å². The maximum Gasteiger partial charge on any atom is 0.407 e. The van der Waals surface area contributed by atoms with Crippen molar-refractivity contribution in [2.24, 2.45) is 5.41 Å². The first kappa shape index (κ1) is 27.6. The zero-order valence-corrected chi connectivity index (χ0v) is 20.8. The summed E-state index contributed by atoms with van der Waals surface area (Å²) in [7, 11) is 0. The number of aliphatic hydroxyl groups excluding tert-OH is 1. The van der Waals surface area contributed by atoms with Crippen LogP contribution in [-0.2, 0) is 16.0 Å². The molecule has 2 aromatic carbocycles. The lowest BCUT2D eigenvalue weighted by Gasteiger charge is -2.32. The highest BCUT2D eigenvalue weighted by Gasteiger charge is 2.40. The predicted molar refractivity (Wildman–Crippen MR) is 130 cm³/mol. The van der Waals surface area contributed by atoms with Crippen molar-refractivity contribution < 1.29 is 28.9 Å². The molecule has 0 spiro atoms. The first-order valence-electron chi connectivity index (χ1n) is 11.3. The van der Waals surface area contributed by atoms with E-state index >= 15 is 0 Å². The zero-order chi connectivity index (χ0) is 25.5. The van der Waals surface area contributed by atoms with Gasteiger partial charge in [-0.25, -0.2) is 9.18 Å². The summed E-state index contributed by atoms with van der Waals surface area (Å²) >= 11 is 6.00. The number of carboxylic acids is 1. The number of carbonyl (C=O) groups excluding carboxylic acids is 1. The molecular formula is C26H33ClFNO5. The summed E-state index contributed by atoms with van der Waals surface area (Å²) < 4.78 is 19.6. The Labute approximate surface area is 205 Å². The van der Waals surface area contributed by atoms with Gasteiger partial charge < -0.3 is 20.3 Å². The smallest absolute Gasteiger partial charge is 0.407 e. The van der Waals surface area contributed by atoms with Crippen molar-refractivity contribution in [3.8, 4) is 11.1 Å². The van der Waals surface area contributed by atoms with E-state index in [2.05, 4.69) is 5.32 Å². The van der Waals surface area contributed by atoms with E-state index in [4.69, 9.17) is 16.3 Å². The monoisotopic (exact) mass is 493 g/mol. The Kier molecular flexibility index (Phi) is 9.47. The molecule has 3 N–H and O–H groups in total. The molecule has 0 bridgehead atoms. The number of benzene rings is 2. The minimum atomic E-state index is -1.39. The molecule has 186 valence electrons. The quantitative estimate of drug-likeness (QED) is 0.386. The fourth-order valence-electron chi connectivity index (χ4n) is 3.93. The van der Waals surface area contributed by atoms with E-state index < -0.39 is 41.5 Å². The summed E-state index contributed by atoms with van der Waals surface area (Å²) in [5, 5.41) is 23.0. The van der Waals surface area contributed by atoms with Crippen LogP contribution in [0.25, 0.3) is 11.1 Å². The molecule has 0 aliphatic carbocycles. The summed E-state index contributed by atoms with van der Waals surface area (Å²) in [6, 6.07) is 10.8. The third kappa shape index (κ3) is 7.71. The lowest BCUT2D eigenvalue weighted by atomic mass is 9.77. The number of halogens is 2. The maximum absolute atomic E-state index is 14.2. The number of ether oxygens (including phenoxy) is 1. The van der Waals surface area contributed by atoms with Crippen LogP contribution in [0.5, 0.6) is 0 Å². The molecule has 0 aliphatic heterocycles. The fourth-order valence-corrected chi connectivity index (χ4v) is 4.10. The third-order valence-corrected chi connectivity index (χ3v) is 5.75. The minimum Gasteiger partial charge on any atom is -0.481 e. The average Bonchev–Trinajstić information content (AvgIpc) is 2.74. The molecule has 0 aromatic heterocycles. The topological polar surface area (TPSA) is 95.9 Å². The highest BCUT2D eigenvalue weighted by atomic mass is 35.5. The number of carboxylic acid groups (broad SMARTS) is 1. The molecule has 34 heavy (non-hydrogen) atoms. The lowest BCUT2D eigenvalue weighted by molar-refractivity contribution is -0.153. The molecular weight excluding hydrogens is 461 g/mol. The fraction of sp³-hybridized carbons (Fsp3) is 0.462. The van der Waals surface area contributed by atoms with E-state index in [0.717, 1.165) is 5.56 Å². The van der Waals surface area contributed by atoms with Gasteiger partial charge >= 0.3 is 12.1 Å². The van der Waals surface area contributed by atoms with Crippen molar-refractivity contribution >= 4 is 23.7 Å². The molecule has 2 rings (SSSR count). The first-order valence-corrected chi connectivity index (χ1v) is 11.6. The van der Waals surface area contributed by atoms with Gasteiger partial charge in [0.15, 0.2) is 0 Å². The van der Waals surface area contributed by atoms with E-state index in [1.807, 2.05) is 6.92 Å². The molecule has 8 heteroatoms. The van der Waals surface area contributed by atoms with E-state index in [-0.39, 0.29) is 12.8 Å². The minimum absolute atomic E-state index is 0.0244.